The van der Waals surface area contributed by atoms with Gasteiger partial charge in [-0.25, -0.2) is 13.4 Å². The summed E-state index contributed by atoms with van der Waals surface area (Å²) in [6.45, 7) is 1.49. The summed E-state index contributed by atoms with van der Waals surface area (Å²) >= 11 is 0. The SMILES string of the molecule is CC(=O)N(C)c1ccc(N=C(c2ccccc2)c2c(O)[nH]c3ccc(NS(=O)(=O)c4cccc(N)c4)cc23)cc1. The number of nitrogens with zero attached hydrogens (tertiary/aromatic N) is 2. The predicted octanol–water partition coefficient (Wildman–Crippen LogP) is 5.41. The standard InChI is InChI=1S/C30H27N5O4S/c1-19(36)35(2)24-14-11-22(12-15-24)32-29(20-7-4-3-5-8-20)28-26-18-23(13-16-27(26)33-30(28)37)34-40(38,39)25-10-6-9-21(31)17-25/h3-18,33-34,37H,31H2,1-2H3. The molecule has 202 valence electrons. The van der Waals surface area contributed by atoms with Crippen LogP contribution in [0, 0.1) is 0 Å². The number of nitrogen functional groups attached to an aromatic ring is 1. The van der Waals surface area contributed by atoms with Crippen molar-refractivity contribution in [2.45, 2.75) is 11.8 Å². The molecule has 10 heteroatoms. The van der Waals surface area contributed by atoms with Crippen molar-refractivity contribution in [2.24, 2.45) is 4.99 Å². The number of carbonyl (C=O) groups excluding carboxylic acids is 1. The number of rotatable bonds is 7. The van der Waals surface area contributed by atoms with Crippen molar-refractivity contribution in [1.82, 2.24) is 4.98 Å². The Kier molecular flexibility index (Phi) is 7.02. The summed E-state index contributed by atoms with van der Waals surface area (Å²) in [6, 6.07) is 27.5. The van der Waals surface area contributed by atoms with Crippen molar-refractivity contribution >= 4 is 55.3 Å². The molecule has 4 aromatic carbocycles. The fourth-order valence-electron chi connectivity index (χ4n) is 4.30. The Labute approximate surface area is 231 Å². The molecule has 0 bridgehead atoms. The van der Waals surface area contributed by atoms with Gasteiger partial charge in [0, 0.05) is 47.5 Å². The second-order valence-electron chi connectivity index (χ2n) is 9.21. The zero-order valence-corrected chi connectivity index (χ0v) is 22.6. The molecule has 0 atom stereocenters. The van der Waals surface area contributed by atoms with Crippen LogP contribution in [0.1, 0.15) is 18.1 Å². The quantitative estimate of drug-likeness (QED) is 0.158. The van der Waals surface area contributed by atoms with Gasteiger partial charge in [-0.1, -0.05) is 36.4 Å². The summed E-state index contributed by atoms with van der Waals surface area (Å²) < 4.78 is 28.6. The average molecular weight is 554 g/mol. The molecule has 1 heterocycles. The molecule has 0 aliphatic carbocycles. The van der Waals surface area contributed by atoms with Crippen molar-refractivity contribution in [3.05, 3.63) is 108 Å². The van der Waals surface area contributed by atoms with Gasteiger partial charge in [0.05, 0.1) is 21.9 Å². The third-order valence-electron chi connectivity index (χ3n) is 6.43. The predicted molar refractivity (Wildman–Crippen MR) is 159 cm³/mol. The number of carbonyl (C=O) groups is 1. The van der Waals surface area contributed by atoms with Gasteiger partial charge in [0.15, 0.2) is 5.88 Å². The Balaban J connectivity index is 1.61. The molecule has 5 rings (SSSR count). The fraction of sp³-hybridized carbons (Fsp3) is 0.0667. The Morgan fingerprint density at radius 2 is 1.68 bits per heavy atom. The van der Waals surface area contributed by atoms with Crippen molar-refractivity contribution < 1.29 is 18.3 Å². The molecule has 0 radical (unpaired) electrons. The maximum Gasteiger partial charge on any atom is 0.261 e. The maximum absolute atomic E-state index is 13.0. The number of H-pyrrole nitrogens is 1. The molecule has 40 heavy (non-hydrogen) atoms. The summed E-state index contributed by atoms with van der Waals surface area (Å²) in [4.78, 5) is 21.1. The van der Waals surface area contributed by atoms with Crippen LogP contribution in [0.5, 0.6) is 5.88 Å². The molecule has 9 nitrogen and oxygen atoms in total. The molecule has 0 saturated heterocycles. The summed E-state index contributed by atoms with van der Waals surface area (Å²) in [5, 5.41) is 11.6. The van der Waals surface area contributed by atoms with Crippen LogP contribution in [0.4, 0.5) is 22.7 Å². The number of hydrogen-bond donors (Lipinski definition) is 4. The number of aliphatic imine (C=N–C) groups is 1. The van der Waals surface area contributed by atoms with Gasteiger partial charge in [-0.3, -0.25) is 9.52 Å². The van der Waals surface area contributed by atoms with E-state index in [1.807, 2.05) is 30.3 Å². The third kappa shape index (κ3) is 5.38. The van der Waals surface area contributed by atoms with Crippen molar-refractivity contribution in [3.63, 3.8) is 0 Å². The molecular formula is C30H27N5O4S. The number of amides is 1. The topological polar surface area (TPSA) is 141 Å². The molecule has 5 N–H and O–H groups in total. The van der Waals surface area contributed by atoms with Gasteiger partial charge in [0.2, 0.25) is 5.91 Å². The van der Waals surface area contributed by atoms with Crippen LogP contribution >= 0.6 is 0 Å². The third-order valence-corrected chi connectivity index (χ3v) is 7.81. The average Bonchev–Trinajstić information content (AvgIpc) is 3.26. The van der Waals surface area contributed by atoms with Crippen LogP contribution in [0.2, 0.25) is 0 Å². The minimum Gasteiger partial charge on any atom is -0.494 e. The molecule has 0 unspecified atom stereocenters. The molecule has 1 aromatic heterocycles. The number of hydrogen-bond acceptors (Lipinski definition) is 6. The number of aromatic amines is 1. The number of nitrogens with one attached hydrogen (secondary N) is 2. The molecule has 5 aromatic rings. The minimum absolute atomic E-state index is 0.0372. The molecule has 0 aliphatic heterocycles. The van der Waals surface area contributed by atoms with E-state index in [1.54, 1.807) is 61.6 Å². The van der Waals surface area contributed by atoms with E-state index in [0.29, 0.717) is 39.2 Å². The van der Waals surface area contributed by atoms with E-state index >= 15 is 0 Å². The lowest BCUT2D eigenvalue weighted by atomic mass is 10.0. The Hall–Kier alpha value is -5.09. The number of anilines is 3. The first kappa shape index (κ1) is 26.5. The van der Waals surface area contributed by atoms with Gasteiger partial charge < -0.3 is 20.7 Å². The van der Waals surface area contributed by atoms with Crippen molar-refractivity contribution in [2.75, 3.05) is 22.4 Å². The lowest BCUT2D eigenvalue weighted by Gasteiger charge is -2.15. The lowest BCUT2D eigenvalue weighted by Crippen LogP contribution is -2.22. The van der Waals surface area contributed by atoms with E-state index in [0.717, 1.165) is 11.3 Å². The zero-order valence-electron chi connectivity index (χ0n) is 21.8. The van der Waals surface area contributed by atoms with E-state index in [-0.39, 0.29) is 16.7 Å². The molecule has 0 saturated carbocycles. The highest BCUT2D eigenvalue weighted by Crippen LogP contribution is 2.34. The molecule has 0 fully saturated rings. The maximum atomic E-state index is 13.0. The van der Waals surface area contributed by atoms with Crippen molar-refractivity contribution in [1.29, 1.82) is 0 Å². The van der Waals surface area contributed by atoms with Crippen LogP contribution < -0.4 is 15.4 Å². The number of aromatic nitrogens is 1. The number of benzene rings is 4. The molecule has 0 aliphatic rings. The molecular weight excluding hydrogens is 526 g/mol. The minimum atomic E-state index is -3.91. The summed E-state index contributed by atoms with van der Waals surface area (Å²) in [7, 11) is -2.22. The van der Waals surface area contributed by atoms with Crippen LogP contribution in [0.25, 0.3) is 10.9 Å². The second kappa shape index (κ2) is 10.6. The normalized spacial score (nSPS) is 11.9. The first-order valence-corrected chi connectivity index (χ1v) is 13.8. The summed E-state index contributed by atoms with van der Waals surface area (Å²) in [6.07, 6.45) is 0. The Morgan fingerprint density at radius 1 is 0.950 bits per heavy atom. The van der Waals surface area contributed by atoms with Crippen LogP contribution in [-0.4, -0.2) is 37.2 Å². The van der Waals surface area contributed by atoms with Gasteiger partial charge >= 0.3 is 0 Å². The monoisotopic (exact) mass is 553 g/mol. The zero-order chi connectivity index (χ0) is 28.4. The van der Waals surface area contributed by atoms with Crippen LogP contribution in [0.3, 0.4) is 0 Å². The lowest BCUT2D eigenvalue weighted by molar-refractivity contribution is -0.116. The molecule has 1 amide bonds. The number of aromatic hydroxyl groups is 1. The summed E-state index contributed by atoms with van der Waals surface area (Å²) in [5.41, 5.74) is 9.98. The largest absolute Gasteiger partial charge is 0.494 e. The molecule has 0 spiro atoms. The number of fused-ring (bicyclic) bond motifs is 1. The van der Waals surface area contributed by atoms with E-state index < -0.39 is 10.0 Å². The Bertz CT molecular complexity index is 1850. The van der Waals surface area contributed by atoms with E-state index in [4.69, 9.17) is 10.7 Å². The Morgan fingerprint density at radius 3 is 2.35 bits per heavy atom. The van der Waals surface area contributed by atoms with Crippen LogP contribution in [-0.2, 0) is 14.8 Å². The first-order valence-electron chi connectivity index (χ1n) is 12.3. The van der Waals surface area contributed by atoms with E-state index in [1.165, 1.54) is 24.0 Å². The number of sulfonamides is 1. The highest BCUT2D eigenvalue weighted by molar-refractivity contribution is 7.92. The van der Waals surface area contributed by atoms with E-state index in [9.17, 15) is 18.3 Å². The van der Waals surface area contributed by atoms with Crippen molar-refractivity contribution in [3.8, 4) is 5.88 Å². The van der Waals surface area contributed by atoms with Gasteiger partial charge in [0.25, 0.3) is 10.0 Å². The smallest absolute Gasteiger partial charge is 0.261 e. The van der Waals surface area contributed by atoms with Crippen LogP contribution in [0.15, 0.2) is 107 Å². The highest BCUT2D eigenvalue weighted by atomic mass is 32.2. The fourth-order valence-corrected chi connectivity index (χ4v) is 5.40. The highest BCUT2D eigenvalue weighted by Gasteiger charge is 2.21. The van der Waals surface area contributed by atoms with Gasteiger partial charge in [-0.15, -0.1) is 0 Å². The number of nitrogens with two attached hydrogens (primary N) is 1. The van der Waals surface area contributed by atoms with E-state index in [2.05, 4.69) is 9.71 Å². The summed E-state index contributed by atoms with van der Waals surface area (Å²) in [5.74, 6) is -0.200. The second-order valence-corrected chi connectivity index (χ2v) is 10.9. The van der Waals surface area contributed by atoms with Gasteiger partial charge in [0.1, 0.15) is 0 Å². The first-order chi connectivity index (χ1) is 19.1. The van der Waals surface area contributed by atoms with Gasteiger partial charge in [-0.05, 0) is 60.7 Å². The van der Waals surface area contributed by atoms with Gasteiger partial charge in [-0.2, -0.15) is 0 Å².